The summed E-state index contributed by atoms with van der Waals surface area (Å²) >= 11 is 5.94. The molecule has 1 aromatic carbocycles. The number of nitrogens with one attached hydrogen (secondary N) is 1. The first-order chi connectivity index (χ1) is 11.0. The van der Waals surface area contributed by atoms with Crippen molar-refractivity contribution < 1.29 is 9.53 Å². The quantitative estimate of drug-likeness (QED) is 0.819. The first-order valence-electron chi connectivity index (χ1n) is 7.90. The molecule has 1 aliphatic heterocycles. The number of halogens is 1. The lowest BCUT2D eigenvalue weighted by atomic mass is 10.2. The molecule has 1 amide bonds. The zero-order chi connectivity index (χ0) is 16.8. The molecule has 0 spiro atoms. The van der Waals surface area contributed by atoms with Crippen LogP contribution in [0.5, 0.6) is 0 Å². The molecule has 1 heterocycles. The van der Waals surface area contributed by atoms with Crippen molar-refractivity contribution in [2.75, 3.05) is 40.8 Å². The molecule has 0 radical (unpaired) electrons. The van der Waals surface area contributed by atoms with Crippen LogP contribution in [0, 0.1) is 0 Å². The minimum Gasteiger partial charge on any atom is -0.380 e. The van der Waals surface area contributed by atoms with E-state index in [1.165, 1.54) is 0 Å². The number of likely N-dealkylation sites (tertiary alicyclic amines) is 1. The second kappa shape index (κ2) is 8.64. The molecule has 128 valence electrons. The van der Waals surface area contributed by atoms with Gasteiger partial charge in [0.05, 0.1) is 12.6 Å². The number of benzene rings is 1. The highest BCUT2D eigenvalue weighted by atomic mass is 35.5. The Morgan fingerprint density at radius 2 is 2.30 bits per heavy atom. The van der Waals surface area contributed by atoms with Crippen LogP contribution in [0.2, 0.25) is 5.02 Å². The fourth-order valence-electron chi connectivity index (χ4n) is 2.99. The van der Waals surface area contributed by atoms with E-state index in [2.05, 4.69) is 22.2 Å². The number of carbonyl (C=O) groups is 1. The van der Waals surface area contributed by atoms with E-state index >= 15 is 0 Å². The molecule has 1 aliphatic rings. The third-order valence-electron chi connectivity index (χ3n) is 4.30. The summed E-state index contributed by atoms with van der Waals surface area (Å²) in [7, 11) is 5.84. The lowest BCUT2D eigenvalue weighted by Gasteiger charge is -2.25. The summed E-state index contributed by atoms with van der Waals surface area (Å²) in [6, 6.07) is 7.97. The Bertz CT molecular complexity index is 526. The second-order valence-corrected chi connectivity index (χ2v) is 6.73. The van der Waals surface area contributed by atoms with E-state index in [0.29, 0.717) is 30.3 Å². The number of ether oxygens (including phenoxy) is 1. The largest absolute Gasteiger partial charge is 0.380 e. The van der Waals surface area contributed by atoms with E-state index in [1.54, 1.807) is 7.11 Å². The van der Waals surface area contributed by atoms with Crippen molar-refractivity contribution in [2.24, 2.45) is 0 Å². The van der Waals surface area contributed by atoms with Gasteiger partial charge in [-0.3, -0.25) is 14.6 Å². The molecule has 2 rings (SSSR count). The van der Waals surface area contributed by atoms with Crippen LogP contribution in [-0.4, -0.2) is 68.7 Å². The predicted octanol–water partition coefficient (Wildman–Crippen LogP) is 1.61. The number of hydrogen-bond acceptors (Lipinski definition) is 4. The van der Waals surface area contributed by atoms with Gasteiger partial charge in [0.2, 0.25) is 5.91 Å². The SMILES string of the molecule is CO[C@H]1C[C@@H](CN(C)CC(=O)NCc2cccc(Cl)c2)N(C)C1. The van der Waals surface area contributed by atoms with E-state index in [0.717, 1.165) is 25.1 Å². The molecular weight excluding hydrogens is 314 g/mol. The van der Waals surface area contributed by atoms with Gasteiger partial charge in [-0.25, -0.2) is 0 Å². The van der Waals surface area contributed by atoms with Crippen LogP contribution in [0.15, 0.2) is 24.3 Å². The third-order valence-corrected chi connectivity index (χ3v) is 4.53. The number of amides is 1. The lowest BCUT2D eigenvalue weighted by molar-refractivity contribution is -0.122. The van der Waals surface area contributed by atoms with Crippen LogP contribution in [-0.2, 0) is 16.1 Å². The summed E-state index contributed by atoms with van der Waals surface area (Å²) in [5, 5.41) is 3.62. The van der Waals surface area contributed by atoms with E-state index in [1.807, 2.05) is 31.3 Å². The minimum atomic E-state index is 0.0245. The van der Waals surface area contributed by atoms with E-state index in [-0.39, 0.29) is 5.91 Å². The van der Waals surface area contributed by atoms with Gasteiger partial charge in [0.25, 0.3) is 0 Å². The number of methoxy groups -OCH3 is 1. The molecule has 2 atom stereocenters. The normalized spacial score (nSPS) is 21.8. The number of rotatable bonds is 7. The summed E-state index contributed by atoms with van der Waals surface area (Å²) in [5.74, 6) is 0.0245. The van der Waals surface area contributed by atoms with Gasteiger partial charge in [-0.15, -0.1) is 0 Å². The molecule has 0 aromatic heterocycles. The van der Waals surface area contributed by atoms with Crippen molar-refractivity contribution in [3.63, 3.8) is 0 Å². The Balaban J connectivity index is 1.72. The molecule has 1 N–H and O–H groups in total. The highest BCUT2D eigenvalue weighted by molar-refractivity contribution is 6.30. The predicted molar refractivity (Wildman–Crippen MR) is 92.6 cm³/mol. The molecule has 0 saturated carbocycles. The first kappa shape index (κ1) is 18.2. The van der Waals surface area contributed by atoms with Crippen molar-refractivity contribution in [3.05, 3.63) is 34.9 Å². The summed E-state index contributed by atoms with van der Waals surface area (Å²) in [6.45, 7) is 2.71. The highest BCUT2D eigenvalue weighted by Gasteiger charge is 2.30. The van der Waals surface area contributed by atoms with Crippen LogP contribution in [0.3, 0.4) is 0 Å². The monoisotopic (exact) mass is 339 g/mol. The average Bonchev–Trinajstić information content (AvgIpc) is 2.85. The van der Waals surface area contributed by atoms with Gasteiger partial charge in [0, 0.05) is 37.8 Å². The Morgan fingerprint density at radius 3 is 2.96 bits per heavy atom. The van der Waals surface area contributed by atoms with E-state index in [9.17, 15) is 4.79 Å². The average molecular weight is 340 g/mol. The van der Waals surface area contributed by atoms with Gasteiger partial charge >= 0.3 is 0 Å². The number of likely N-dealkylation sites (N-methyl/N-ethyl adjacent to an activating group) is 2. The maximum Gasteiger partial charge on any atom is 0.234 e. The van der Waals surface area contributed by atoms with E-state index < -0.39 is 0 Å². The minimum absolute atomic E-state index is 0.0245. The van der Waals surface area contributed by atoms with Crippen molar-refractivity contribution in [1.29, 1.82) is 0 Å². The Labute approximate surface area is 143 Å². The lowest BCUT2D eigenvalue weighted by Crippen LogP contribution is -2.41. The highest BCUT2D eigenvalue weighted by Crippen LogP contribution is 2.18. The molecule has 1 saturated heterocycles. The van der Waals surface area contributed by atoms with Crippen LogP contribution >= 0.6 is 11.6 Å². The van der Waals surface area contributed by atoms with Gasteiger partial charge in [0.1, 0.15) is 0 Å². The Hall–Kier alpha value is -1.14. The van der Waals surface area contributed by atoms with Crippen LogP contribution in [0.1, 0.15) is 12.0 Å². The molecular formula is C17H26ClN3O2. The summed E-state index contributed by atoms with van der Waals surface area (Å²) < 4.78 is 5.42. The van der Waals surface area contributed by atoms with Crippen LogP contribution in [0.25, 0.3) is 0 Å². The van der Waals surface area contributed by atoms with E-state index in [4.69, 9.17) is 16.3 Å². The molecule has 0 unspecified atom stereocenters. The molecule has 0 aliphatic carbocycles. The fraction of sp³-hybridized carbons (Fsp3) is 0.588. The molecule has 1 aromatic rings. The third kappa shape index (κ3) is 5.77. The van der Waals surface area contributed by atoms with Gasteiger partial charge in [-0.1, -0.05) is 23.7 Å². The molecule has 1 fully saturated rings. The van der Waals surface area contributed by atoms with Crippen molar-refractivity contribution in [3.8, 4) is 0 Å². The zero-order valence-electron chi connectivity index (χ0n) is 14.1. The van der Waals surface area contributed by atoms with Crippen LogP contribution < -0.4 is 5.32 Å². The molecule has 5 nitrogen and oxygen atoms in total. The summed E-state index contributed by atoms with van der Waals surface area (Å²) in [4.78, 5) is 16.4. The maximum absolute atomic E-state index is 12.1. The number of hydrogen-bond donors (Lipinski definition) is 1. The second-order valence-electron chi connectivity index (χ2n) is 6.29. The summed E-state index contributed by atoms with van der Waals surface area (Å²) in [5.41, 5.74) is 1.01. The van der Waals surface area contributed by atoms with Gasteiger partial charge in [0.15, 0.2) is 0 Å². The van der Waals surface area contributed by atoms with Crippen molar-refractivity contribution in [1.82, 2.24) is 15.1 Å². The Kier molecular flexibility index (Phi) is 6.84. The first-order valence-corrected chi connectivity index (χ1v) is 8.28. The molecule has 23 heavy (non-hydrogen) atoms. The van der Waals surface area contributed by atoms with Crippen LogP contribution in [0.4, 0.5) is 0 Å². The number of nitrogens with zero attached hydrogens (tertiary/aromatic N) is 2. The summed E-state index contributed by atoms with van der Waals surface area (Å²) in [6.07, 6.45) is 1.32. The zero-order valence-corrected chi connectivity index (χ0v) is 14.8. The number of carbonyl (C=O) groups excluding carboxylic acids is 1. The smallest absolute Gasteiger partial charge is 0.234 e. The topological polar surface area (TPSA) is 44.8 Å². The fourth-order valence-corrected chi connectivity index (χ4v) is 3.20. The van der Waals surface area contributed by atoms with Gasteiger partial charge < -0.3 is 10.1 Å². The maximum atomic E-state index is 12.1. The Morgan fingerprint density at radius 1 is 1.52 bits per heavy atom. The van der Waals surface area contributed by atoms with Gasteiger partial charge in [-0.2, -0.15) is 0 Å². The van der Waals surface area contributed by atoms with Gasteiger partial charge in [-0.05, 0) is 38.2 Å². The molecule has 0 bridgehead atoms. The standard InChI is InChI=1S/C17H26ClN3O2/c1-20(10-15-8-16(23-3)11-21(15)2)12-17(22)19-9-13-5-4-6-14(18)7-13/h4-7,15-16H,8-12H2,1-3H3,(H,19,22)/t15-,16-/m0/s1. The van der Waals surface area contributed by atoms with Crippen molar-refractivity contribution >= 4 is 17.5 Å². The molecule has 6 heteroatoms. The van der Waals surface area contributed by atoms with Crippen molar-refractivity contribution in [2.45, 2.75) is 25.1 Å².